The van der Waals surface area contributed by atoms with E-state index in [1.54, 1.807) is 0 Å². The molecule has 0 amide bonds. The van der Waals surface area contributed by atoms with Gasteiger partial charge in [-0.25, -0.2) is 0 Å². The van der Waals surface area contributed by atoms with E-state index >= 15 is 0 Å². The topological polar surface area (TPSA) is 103 Å². The van der Waals surface area contributed by atoms with E-state index in [0.29, 0.717) is 5.95 Å². The molecule has 0 radical (unpaired) electrons. The van der Waals surface area contributed by atoms with Crippen molar-refractivity contribution in [2.24, 2.45) is 0 Å². The Morgan fingerprint density at radius 1 is 1.00 bits per heavy atom. The number of nitrogens with zero attached hydrogens (tertiary/aromatic N) is 3. The minimum Gasteiger partial charge on any atom is -0.368 e. The highest BCUT2D eigenvalue weighted by Crippen LogP contribution is 2.04. The first-order chi connectivity index (χ1) is 5.58. The molecule has 0 aliphatic carbocycles. The van der Waals surface area contributed by atoms with E-state index in [1.807, 2.05) is 13.8 Å². The molecule has 0 unspecified atom stereocenters. The van der Waals surface area contributed by atoms with Crippen molar-refractivity contribution in [2.45, 2.75) is 19.9 Å². The quantitative estimate of drug-likeness (QED) is 0.704. The van der Waals surface area contributed by atoms with Gasteiger partial charge in [-0.15, -0.1) is 24.8 Å². The van der Waals surface area contributed by atoms with E-state index in [1.165, 1.54) is 0 Å². The van der Waals surface area contributed by atoms with E-state index in [2.05, 4.69) is 20.3 Å². The van der Waals surface area contributed by atoms with E-state index < -0.39 is 0 Å². The molecule has 0 bridgehead atoms. The van der Waals surface area contributed by atoms with Crippen molar-refractivity contribution in [1.82, 2.24) is 15.0 Å². The van der Waals surface area contributed by atoms with Gasteiger partial charge in [0.15, 0.2) is 0 Å². The molecule has 0 spiro atoms. The zero-order valence-corrected chi connectivity index (χ0v) is 9.52. The highest BCUT2D eigenvalue weighted by molar-refractivity contribution is 5.85. The van der Waals surface area contributed by atoms with Crippen LogP contribution in [0.1, 0.15) is 13.8 Å². The zero-order valence-electron chi connectivity index (χ0n) is 7.89. The third-order valence-electron chi connectivity index (χ3n) is 1.09. The smallest absolute Gasteiger partial charge is 0.229 e. The van der Waals surface area contributed by atoms with Crippen LogP contribution in [0.25, 0.3) is 0 Å². The van der Waals surface area contributed by atoms with Gasteiger partial charge < -0.3 is 16.8 Å². The van der Waals surface area contributed by atoms with Gasteiger partial charge >= 0.3 is 0 Å². The lowest BCUT2D eigenvalue weighted by molar-refractivity contribution is 0.871. The Morgan fingerprint density at radius 2 is 1.43 bits per heavy atom. The number of hydrogen-bond donors (Lipinski definition) is 3. The highest BCUT2D eigenvalue weighted by Gasteiger charge is 2.01. The summed E-state index contributed by atoms with van der Waals surface area (Å²) >= 11 is 0. The fourth-order valence-electron chi connectivity index (χ4n) is 0.732. The maximum Gasteiger partial charge on any atom is 0.229 e. The molecule has 0 atom stereocenters. The normalized spacial score (nSPS) is 8.79. The first-order valence-corrected chi connectivity index (χ1v) is 3.61. The monoisotopic (exact) mass is 240 g/mol. The number of rotatable bonds is 2. The van der Waals surface area contributed by atoms with Gasteiger partial charge in [0.2, 0.25) is 17.8 Å². The summed E-state index contributed by atoms with van der Waals surface area (Å²) in [4.78, 5) is 11.3. The van der Waals surface area contributed by atoms with Crippen LogP contribution in [0.4, 0.5) is 17.8 Å². The first kappa shape index (κ1) is 15.5. The van der Waals surface area contributed by atoms with Crippen molar-refractivity contribution >= 4 is 42.7 Å². The summed E-state index contributed by atoms with van der Waals surface area (Å²) in [7, 11) is 0. The van der Waals surface area contributed by atoms with Gasteiger partial charge in [0.05, 0.1) is 0 Å². The van der Waals surface area contributed by atoms with E-state index in [9.17, 15) is 0 Å². The van der Waals surface area contributed by atoms with Crippen molar-refractivity contribution < 1.29 is 0 Å². The molecular formula is C6H14Cl2N6. The fourth-order valence-corrected chi connectivity index (χ4v) is 0.732. The molecule has 1 heterocycles. The van der Waals surface area contributed by atoms with Crippen LogP contribution in [0.15, 0.2) is 0 Å². The molecule has 82 valence electrons. The van der Waals surface area contributed by atoms with Gasteiger partial charge in [0.1, 0.15) is 0 Å². The number of hydrogen-bond acceptors (Lipinski definition) is 6. The molecule has 1 rings (SSSR count). The maximum atomic E-state index is 5.35. The Kier molecular flexibility index (Phi) is 7.12. The van der Waals surface area contributed by atoms with Crippen LogP contribution >= 0.6 is 24.8 Å². The zero-order chi connectivity index (χ0) is 9.14. The van der Waals surface area contributed by atoms with Gasteiger partial charge in [0.25, 0.3) is 0 Å². The molecule has 8 heteroatoms. The second-order valence-electron chi connectivity index (χ2n) is 2.67. The van der Waals surface area contributed by atoms with E-state index in [-0.39, 0.29) is 42.8 Å². The first-order valence-electron chi connectivity index (χ1n) is 3.61. The summed E-state index contributed by atoms with van der Waals surface area (Å²) in [5, 5.41) is 2.96. The Labute approximate surface area is 94.7 Å². The minimum atomic E-state index is 0. The lowest BCUT2D eigenvalue weighted by Crippen LogP contribution is -2.15. The van der Waals surface area contributed by atoms with Crippen molar-refractivity contribution in [1.29, 1.82) is 0 Å². The predicted octanol–water partition coefficient (Wildman–Crippen LogP) is 0.700. The molecule has 1 aromatic heterocycles. The van der Waals surface area contributed by atoms with Crippen LogP contribution in [-0.2, 0) is 0 Å². The van der Waals surface area contributed by atoms with Crippen LogP contribution in [-0.4, -0.2) is 21.0 Å². The average Bonchev–Trinajstić information content (AvgIpc) is 1.81. The van der Waals surface area contributed by atoms with Gasteiger partial charge in [0, 0.05) is 6.04 Å². The lowest BCUT2D eigenvalue weighted by Gasteiger charge is -2.07. The molecule has 0 saturated heterocycles. The molecule has 0 fully saturated rings. The number of nitrogens with two attached hydrogens (primary N) is 2. The molecule has 1 aromatic rings. The minimum absolute atomic E-state index is 0. The number of aromatic nitrogens is 3. The fraction of sp³-hybridized carbons (Fsp3) is 0.500. The van der Waals surface area contributed by atoms with Crippen molar-refractivity contribution in [3.8, 4) is 0 Å². The average molecular weight is 241 g/mol. The molecule has 6 nitrogen and oxygen atoms in total. The van der Waals surface area contributed by atoms with Gasteiger partial charge in [-0.1, -0.05) is 0 Å². The Hall–Kier alpha value is -1.01. The van der Waals surface area contributed by atoms with Crippen molar-refractivity contribution in [3.05, 3.63) is 0 Å². The third-order valence-corrected chi connectivity index (χ3v) is 1.09. The number of nitrogens with one attached hydrogen (secondary N) is 1. The Bertz CT molecular complexity index is 259. The second-order valence-corrected chi connectivity index (χ2v) is 2.67. The largest absolute Gasteiger partial charge is 0.368 e. The molecule has 0 aromatic carbocycles. The van der Waals surface area contributed by atoms with Crippen molar-refractivity contribution in [3.63, 3.8) is 0 Å². The van der Waals surface area contributed by atoms with Crippen LogP contribution in [0.5, 0.6) is 0 Å². The van der Waals surface area contributed by atoms with Crippen LogP contribution < -0.4 is 16.8 Å². The SMILES string of the molecule is CC(C)Nc1nc(N)nc(N)n1.Cl.Cl. The van der Waals surface area contributed by atoms with Gasteiger partial charge in [-0.2, -0.15) is 15.0 Å². The Morgan fingerprint density at radius 3 is 1.79 bits per heavy atom. The van der Waals surface area contributed by atoms with Crippen LogP contribution in [0, 0.1) is 0 Å². The standard InChI is InChI=1S/C6H12N6.2ClH/c1-3(2)9-6-11-4(7)10-5(8)12-6;;/h3H,1-2H3,(H5,7,8,9,10,11,12);2*1H. The van der Waals surface area contributed by atoms with Crippen molar-refractivity contribution in [2.75, 3.05) is 16.8 Å². The molecular weight excluding hydrogens is 227 g/mol. The number of nitrogen functional groups attached to an aromatic ring is 2. The molecule has 14 heavy (non-hydrogen) atoms. The molecule has 0 aliphatic rings. The lowest BCUT2D eigenvalue weighted by atomic mass is 10.4. The number of anilines is 3. The van der Waals surface area contributed by atoms with Crippen LogP contribution in [0.3, 0.4) is 0 Å². The highest BCUT2D eigenvalue weighted by atomic mass is 35.5. The Balaban J connectivity index is 0. The summed E-state index contributed by atoms with van der Waals surface area (Å²) in [6.07, 6.45) is 0. The number of halogens is 2. The van der Waals surface area contributed by atoms with Gasteiger partial charge in [-0.05, 0) is 13.8 Å². The molecule has 5 N–H and O–H groups in total. The summed E-state index contributed by atoms with van der Waals surface area (Å²) < 4.78 is 0. The molecule has 0 saturated carbocycles. The van der Waals surface area contributed by atoms with E-state index in [4.69, 9.17) is 11.5 Å². The van der Waals surface area contributed by atoms with Gasteiger partial charge in [-0.3, -0.25) is 0 Å². The summed E-state index contributed by atoms with van der Waals surface area (Å²) in [6.45, 7) is 3.94. The summed E-state index contributed by atoms with van der Waals surface area (Å²) in [5.74, 6) is 0.673. The predicted molar refractivity (Wildman–Crippen MR) is 61.9 cm³/mol. The molecule has 0 aliphatic heterocycles. The third kappa shape index (κ3) is 4.88. The van der Waals surface area contributed by atoms with Crippen LogP contribution in [0.2, 0.25) is 0 Å². The summed E-state index contributed by atoms with van der Waals surface area (Å²) in [6, 6.07) is 0.242. The maximum absolute atomic E-state index is 5.35. The van der Waals surface area contributed by atoms with E-state index in [0.717, 1.165) is 0 Å². The second kappa shape index (κ2) is 6.44. The summed E-state index contributed by atoms with van der Waals surface area (Å²) in [5.41, 5.74) is 10.7.